The fraction of sp³-hybridized carbons (Fsp3) is 0.250. The Hall–Kier alpha value is -0.900. The van der Waals surface area contributed by atoms with Crippen LogP contribution < -0.4 is 5.32 Å². The molecule has 0 aliphatic carbocycles. The number of halogens is 3. The standard InChI is InChI=1S/C16H16BrClFN/c1-10(12-4-3-5-14(19)8-12)20-11(2)15-7-6-13(17)9-16(15)18/h3-11,20H,1-2H3. The van der Waals surface area contributed by atoms with Crippen molar-refractivity contribution in [1.29, 1.82) is 0 Å². The summed E-state index contributed by atoms with van der Waals surface area (Å²) in [5, 5.41) is 4.15. The summed E-state index contributed by atoms with van der Waals surface area (Å²) in [4.78, 5) is 0. The molecule has 2 unspecified atom stereocenters. The van der Waals surface area contributed by atoms with E-state index in [0.717, 1.165) is 15.6 Å². The van der Waals surface area contributed by atoms with Crippen molar-refractivity contribution in [3.63, 3.8) is 0 Å². The first kappa shape index (κ1) is 15.5. The van der Waals surface area contributed by atoms with Crippen LogP contribution in [-0.4, -0.2) is 0 Å². The van der Waals surface area contributed by atoms with Crippen LogP contribution in [0.2, 0.25) is 5.02 Å². The maximum absolute atomic E-state index is 13.2. The third-order valence-electron chi connectivity index (χ3n) is 3.28. The average molecular weight is 357 g/mol. The van der Waals surface area contributed by atoms with Gasteiger partial charge in [-0.25, -0.2) is 4.39 Å². The van der Waals surface area contributed by atoms with Crippen LogP contribution in [0.3, 0.4) is 0 Å². The zero-order valence-electron chi connectivity index (χ0n) is 11.3. The van der Waals surface area contributed by atoms with Crippen LogP contribution in [0, 0.1) is 5.82 Å². The Labute approximate surface area is 132 Å². The van der Waals surface area contributed by atoms with Crippen molar-refractivity contribution in [3.05, 3.63) is 68.9 Å². The second-order valence-corrected chi connectivity index (χ2v) is 6.15. The second kappa shape index (κ2) is 6.70. The van der Waals surface area contributed by atoms with Crippen LogP contribution in [0.4, 0.5) is 4.39 Å². The van der Waals surface area contributed by atoms with Crippen molar-refractivity contribution < 1.29 is 4.39 Å². The monoisotopic (exact) mass is 355 g/mol. The Balaban J connectivity index is 2.12. The van der Waals surface area contributed by atoms with Gasteiger partial charge in [0.05, 0.1) is 0 Å². The summed E-state index contributed by atoms with van der Waals surface area (Å²) in [6.45, 7) is 4.06. The molecule has 0 aliphatic heterocycles. The van der Waals surface area contributed by atoms with Crippen molar-refractivity contribution in [3.8, 4) is 0 Å². The molecule has 0 radical (unpaired) electrons. The van der Waals surface area contributed by atoms with Crippen molar-refractivity contribution in [2.24, 2.45) is 0 Å². The van der Waals surface area contributed by atoms with Gasteiger partial charge in [0.25, 0.3) is 0 Å². The fourth-order valence-corrected chi connectivity index (χ4v) is 3.03. The molecule has 2 rings (SSSR count). The summed E-state index contributed by atoms with van der Waals surface area (Å²) in [6.07, 6.45) is 0. The molecule has 0 aliphatic rings. The minimum absolute atomic E-state index is 0.0420. The quantitative estimate of drug-likeness (QED) is 0.746. The van der Waals surface area contributed by atoms with E-state index in [9.17, 15) is 4.39 Å². The molecule has 4 heteroatoms. The highest BCUT2D eigenvalue weighted by molar-refractivity contribution is 9.10. The van der Waals surface area contributed by atoms with Crippen molar-refractivity contribution in [1.82, 2.24) is 5.32 Å². The summed E-state index contributed by atoms with van der Waals surface area (Å²) in [7, 11) is 0. The molecular weight excluding hydrogens is 341 g/mol. The van der Waals surface area contributed by atoms with Gasteiger partial charge in [0.1, 0.15) is 5.82 Å². The SMILES string of the molecule is CC(NC(C)c1ccc(Br)cc1Cl)c1cccc(F)c1. The molecule has 2 atom stereocenters. The Bertz CT molecular complexity index is 603. The highest BCUT2D eigenvalue weighted by Crippen LogP contribution is 2.28. The maximum atomic E-state index is 13.2. The zero-order valence-corrected chi connectivity index (χ0v) is 13.7. The molecule has 0 amide bonds. The van der Waals surface area contributed by atoms with Gasteiger partial charge in [-0.15, -0.1) is 0 Å². The van der Waals surface area contributed by atoms with Crippen molar-refractivity contribution in [2.75, 3.05) is 0 Å². The third kappa shape index (κ3) is 3.81. The predicted molar refractivity (Wildman–Crippen MR) is 85.5 cm³/mol. The summed E-state index contributed by atoms with van der Waals surface area (Å²) < 4.78 is 14.2. The van der Waals surface area contributed by atoms with Gasteiger partial charge in [-0.3, -0.25) is 0 Å². The van der Waals surface area contributed by atoms with Crippen LogP contribution in [-0.2, 0) is 0 Å². The third-order valence-corrected chi connectivity index (χ3v) is 4.10. The Kier molecular flexibility index (Phi) is 5.19. The minimum atomic E-state index is -0.217. The number of nitrogens with one attached hydrogen (secondary N) is 1. The van der Waals surface area contributed by atoms with E-state index in [-0.39, 0.29) is 17.9 Å². The van der Waals surface area contributed by atoms with E-state index in [4.69, 9.17) is 11.6 Å². The number of benzene rings is 2. The lowest BCUT2D eigenvalue weighted by Gasteiger charge is -2.21. The predicted octanol–water partition coefficient (Wildman–Crippen LogP) is 5.65. The highest BCUT2D eigenvalue weighted by atomic mass is 79.9. The Morgan fingerprint density at radius 2 is 1.85 bits per heavy atom. The van der Waals surface area contributed by atoms with E-state index < -0.39 is 0 Å². The molecular formula is C16H16BrClFN. The van der Waals surface area contributed by atoms with E-state index in [0.29, 0.717) is 5.02 Å². The Morgan fingerprint density at radius 1 is 1.10 bits per heavy atom. The number of rotatable bonds is 4. The molecule has 20 heavy (non-hydrogen) atoms. The molecule has 0 saturated heterocycles. The van der Waals surface area contributed by atoms with Gasteiger partial charge in [-0.1, -0.05) is 45.7 Å². The molecule has 0 saturated carbocycles. The van der Waals surface area contributed by atoms with Gasteiger partial charge in [-0.05, 0) is 49.2 Å². The molecule has 0 heterocycles. The van der Waals surface area contributed by atoms with Crippen LogP contribution in [0.5, 0.6) is 0 Å². The molecule has 2 aromatic carbocycles. The second-order valence-electron chi connectivity index (χ2n) is 4.83. The molecule has 106 valence electrons. The van der Waals surface area contributed by atoms with Gasteiger partial charge >= 0.3 is 0 Å². The number of hydrogen-bond acceptors (Lipinski definition) is 1. The highest BCUT2D eigenvalue weighted by Gasteiger charge is 2.14. The molecule has 0 fully saturated rings. The smallest absolute Gasteiger partial charge is 0.123 e. The minimum Gasteiger partial charge on any atom is -0.304 e. The lowest BCUT2D eigenvalue weighted by Crippen LogP contribution is -2.22. The molecule has 1 N–H and O–H groups in total. The Morgan fingerprint density at radius 3 is 2.50 bits per heavy atom. The summed E-state index contributed by atoms with van der Waals surface area (Å²) >= 11 is 9.64. The van der Waals surface area contributed by atoms with Crippen LogP contribution in [0.25, 0.3) is 0 Å². The largest absolute Gasteiger partial charge is 0.304 e. The van der Waals surface area contributed by atoms with E-state index in [1.54, 1.807) is 12.1 Å². The van der Waals surface area contributed by atoms with Crippen molar-refractivity contribution >= 4 is 27.5 Å². The van der Waals surface area contributed by atoms with Crippen LogP contribution >= 0.6 is 27.5 Å². The van der Waals surface area contributed by atoms with Crippen LogP contribution in [0.1, 0.15) is 37.1 Å². The van der Waals surface area contributed by atoms with Gasteiger partial charge in [-0.2, -0.15) is 0 Å². The number of hydrogen-bond donors (Lipinski definition) is 1. The summed E-state index contributed by atoms with van der Waals surface area (Å²) in [5.41, 5.74) is 1.95. The first-order valence-corrected chi connectivity index (χ1v) is 7.61. The van der Waals surface area contributed by atoms with E-state index in [1.165, 1.54) is 6.07 Å². The lowest BCUT2D eigenvalue weighted by molar-refractivity contribution is 0.492. The van der Waals surface area contributed by atoms with Gasteiger partial charge in [0.2, 0.25) is 0 Å². The van der Waals surface area contributed by atoms with Gasteiger partial charge in [0.15, 0.2) is 0 Å². The van der Waals surface area contributed by atoms with E-state index in [2.05, 4.69) is 21.2 Å². The maximum Gasteiger partial charge on any atom is 0.123 e. The molecule has 0 spiro atoms. The van der Waals surface area contributed by atoms with E-state index in [1.807, 2.05) is 38.1 Å². The van der Waals surface area contributed by atoms with Gasteiger partial charge in [0, 0.05) is 21.6 Å². The average Bonchev–Trinajstić information content (AvgIpc) is 2.38. The van der Waals surface area contributed by atoms with Crippen molar-refractivity contribution in [2.45, 2.75) is 25.9 Å². The van der Waals surface area contributed by atoms with Crippen LogP contribution in [0.15, 0.2) is 46.9 Å². The van der Waals surface area contributed by atoms with Gasteiger partial charge < -0.3 is 5.32 Å². The summed E-state index contributed by atoms with van der Waals surface area (Å²) in [6, 6.07) is 12.6. The fourth-order valence-electron chi connectivity index (χ4n) is 2.19. The summed E-state index contributed by atoms with van der Waals surface area (Å²) in [5.74, 6) is -0.217. The molecule has 0 aromatic heterocycles. The molecule has 0 bridgehead atoms. The lowest BCUT2D eigenvalue weighted by atomic mass is 10.0. The zero-order chi connectivity index (χ0) is 14.7. The van der Waals surface area contributed by atoms with E-state index >= 15 is 0 Å². The molecule has 2 aromatic rings. The topological polar surface area (TPSA) is 12.0 Å². The molecule has 1 nitrogen and oxygen atoms in total. The first-order valence-electron chi connectivity index (χ1n) is 6.44. The normalized spacial score (nSPS) is 14.1. The first-order chi connectivity index (χ1) is 9.47.